The van der Waals surface area contributed by atoms with Crippen LogP contribution < -0.4 is 5.32 Å². The first-order valence-corrected chi connectivity index (χ1v) is 4.84. The van der Waals surface area contributed by atoms with Crippen molar-refractivity contribution in [2.24, 2.45) is 0 Å². The number of benzene rings is 1. The van der Waals surface area contributed by atoms with Crippen LogP contribution in [0.15, 0.2) is 36.4 Å². The van der Waals surface area contributed by atoms with Gasteiger partial charge in [0, 0.05) is 11.3 Å². The van der Waals surface area contributed by atoms with Gasteiger partial charge in [-0.05, 0) is 24.3 Å². The Labute approximate surface area is 98.1 Å². The number of anilines is 1. The molecule has 0 saturated heterocycles. The van der Waals surface area contributed by atoms with Crippen LogP contribution in [0.2, 0.25) is 0 Å². The molecule has 0 heterocycles. The van der Waals surface area contributed by atoms with E-state index in [2.05, 4.69) is 16.6 Å². The van der Waals surface area contributed by atoms with Gasteiger partial charge in [-0.25, -0.2) is 4.39 Å². The number of rotatable bonds is 4. The highest BCUT2D eigenvalue weighted by molar-refractivity contribution is 6.05. The number of carbonyl (C=O) groups is 2. The maximum absolute atomic E-state index is 12.6. The molecular formula is C12H12FNO3. The van der Waals surface area contributed by atoms with Gasteiger partial charge < -0.3 is 10.1 Å². The maximum atomic E-state index is 12.6. The first-order chi connectivity index (χ1) is 8.02. The zero-order valence-corrected chi connectivity index (χ0v) is 9.33. The lowest BCUT2D eigenvalue weighted by Crippen LogP contribution is -2.16. The first kappa shape index (κ1) is 12.9. The number of carbonyl (C=O) groups excluding carboxylic acids is 2. The summed E-state index contributed by atoms with van der Waals surface area (Å²) in [6, 6.07) is 5.27. The van der Waals surface area contributed by atoms with E-state index in [1.165, 1.54) is 31.4 Å². The Morgan fingerprint density at radius 3 is 2.47 bits per heavy atom. The molecule has 0 unspecified atom stereocenters. The van der Waals surface area contributed by atoms with Crippen molar-refractivity contribution >= 4 is 17.6 Å². The van der Waals surface area contributed by atoms with Crippen molar-refractivity contribution in [3.8, 4) is 0 Å². The van der Waals surface area contributed by atoms with Crippen molar-refractivity contribution in [3.05, 3.63) is 42.2 Å². The van der Waals surface area contributed by atoms with E-state index in [0.29, 0.717) is 5.69 Å². The van der Waals surface area contributed by atoms with Gasteiger partial charge >= 0.3 is 5.97 Å². The molecule has 1 N–H and O–H groups in total. The van der Waals surface area contributed by atoms with E-state index in [0.717, 1.165) is 0 Å². The molecule has 5 heteroatoms. The second-order valence-corrected chi connectivity index (χ2v) is 3.32. The van der Waals surface area contributed by atoms with Crippen molar-refractivity contribution in [3.63, 3.8) is 0 Å². The lowest BCUT2D eigenvalue weighted by atomic mass is 10.2. The number of esters is 1. The molecule has 0 aliphatic heterocycles. The number of amides is 1. The minimum absolute atomic E-state index is 0.0844. The number of halogens is 1. The summed E-state index contributed by atoms with van der Waals surface area (Å²) in [7, 11) is 1.23. The normalized spacial score (nSPS) is 9.53. The van der Waals surface area contributed by atoms with E-state index >= 15 is 0 Å². The standard InChI is InChI=1S/C12H12FNO3/c1-8(7-11(15)17-2)12(16)14-10-5-3-9(13)4-6-10/h3-6H,1,7H2,2H3,(H,14,16). The van der Waals surface area contributed by atoms with Crippen molar-refractivity contribution in [2.45, 2.75) is 6.42 Å². The minimum Gasteiger partial charge on any atom is -0.469 e. The van der Waals surface area contributed by atoms with Gasteiger partial charge in [0.1, 0.15) is 5.82 Å². The zero-order chi connectivity index (χ0) is 12.8. The summed E-state index contributed by atoms with van der Waals surface area (Å²) >= 11 is 0. The van der Waals surface area contributed by atoms with Crippen LogP contribution in [0.1, 0.15) is 6.42 Å². The van der Waals surface area contributed by atoms with Gasteiger partial charge in [-0.2, -0.15) is 0 Å². The van der Waals surface area contributed by atoms with Crippen LogP contribution in [-0.4, -0.2) is 19.0 Å². The summed E-state index contributed by atoms with van der Waals surface area (Å²) in [5, 5.41) is 2.49. The molecule has 0 atom stereocenters. The zero-order valence-electron chi connectivity index (χ0n) is 9.33. The Morgan fingerprint density at radius 1 is 1.35 bits per heavy atom. The van der Waals surface area contributed by atoms with Crippen LogP contribution in [0.4, 0.5) is 10.1 Å². The van der Waals surface area contributed by atoms with Crippen molar-refractivity contribution in [1.82, 2.24) is 0 Å². The Bertz CT molecular complexity index is 440. The molecule has 0 aliphatic carbocycles. The monoisotopic (exact) mass is 237 g/mol. The van der Waals surface area contributed by atoms with Gasteiger partial charge in [-0.3, -0.25) is 9.59 Å². The highest BCUT2D eigenvalue weighted by atomic mass is 19.1. The molecule has 1 aromatic rings. The second-order valence-electron chi connectivity index (χ2n) is 3.32. The number of hydrogen-bond donors (Lipinski definition) is 1. The Morgan fingerprint density at radius 2 is 1.94 bits per heavy atom. The topological polar surface area (TPSA) is 55.4 Å². The van der Waals surface area contributed by atoms with Crippen LogP contribution >= 0.6 is 0 Å². The summed E-state index contributed by atoms with van der Waals surface area (Å²) in [5.41, 5.74) is 0.517. The summed E-state index contributed by atoms with van der Waals surface area (Å²) in [6.45, 7) is 3.47. The van der Waals surface area contributed by atoms with Crippen LogP contribution in [0, 0.1) is 5.82 Å². The molecule has 4 nitrogen and oxygen atoms in total. The van der Waals surface area contributed by atoms with E-state index in [4.69, 9.17) is 0 Å². The van der Waals surface area contributed by atoms with E-state index in [1.807, 2.05) is 0 Å². The molecule has 17 heavy (non-hydrogen) atoms. The fourth-order valence-corrected chi connectivity index (χ4v) is 1.08. The van der Waals surface area contributed by atoms with E-state index in [9.17, 15) is 14.0 Å². The second kappa shape index (κ2) is 5.79. The SMILES string of the molecule is C=C(CC(=O)OC)C(=O)Nc1ccc(F)cc1. The van der Waals surface area contributed by atoms with Gasteiger partial charge in [0.25, 0.3) is 5.91 Å². The third-order valence-electron chi connectivity index (χ3n) is 2.01. The number of ether oxygens (including phenoxy) is 1. The van der Waals surface area contributed by atoms with Crippen molar-refractivity contribution < 1.29 is 18.7 Å². The van der Waals surface area contributed by atoms with Crippen LogP contribution in [0.3, 0.4) is 0 Å². The third-order valence-corrected chi connectivity index (χ3v) is 2.01. The van der Waals surface area contributed by atoms with Gasteiger partial charge in [-0.1, -0.05) is 6.58 Å². The van der Waals surface area contributed by atoms with E-state index in [1.54, 1.807) is 0 Å². The van der Waals surface area contributed by atoms with Crippen LogP contribution in [-0.2, 0) is 14.3 Å². The van der Waals surface area contributed by atoms with E-state index < -0.39 is 17.7 Å². The molecule has 0 aliphatic rings. The fourth-order valence-electron chi connectivity index (χ4n) is 1.08. The van der Waals surface area contributed by atoms with E-state index in [-0.39, 0.29) is 12.0 Å². The highest BCUT2D eigenvalue weighted by Crippen LogP contribution is 2.10. The Hall–Kier alpha value is -2.17. The molecule has 0 spiro atoms. The third kappa shape index (κ3) is 4.06. The predicted octanol–water partition coefficient (Wildman–Crippen LogP) is 1.88. The summed E-state index contributed by atoms with van der Waals surface area (Å²) in [6.07, 6.45) is -0.177. The van der Waals surface area contributed by atoms with Gasteiger partial charge in [0.05, 0.1) is 13.5 Å². The minimum atomic E-state index is -0.538. The average Bonchev–Trinajstić information content (AvgIpc) is 2.31. The van der Waals surface area contributed by atoms with Gasteiger partial charge in [0.15, 0.2) is 0 Å². The summed E-state index contributed by atoms with van der Waals surface area (Å²) in [4.78, 5) is 22.4. The predicted molar refractivity (Wildman–Crippen MR) is 60.8 cm³/mol. The van der Waals surface area contributed by atoms with Crippen molar-refractivity contribution in [2.75, 3.05) is 12.4 Å². The molecule has 1 rings (SSSR count). The fraction of sp³-hybridized carbons (Fsp3) is 0.167. The summed E-state index contributed by atoms with van der Waals surface area (Å²) < 4.78 is 17.0. The van der Waals surface area contributed by atoms with Gasteiger partial charge in [-0.15, -0.1) is 0 Å². The summed E-state index contributed by atoms with van der Waals surface area (Å²) in [5.74, 6) is -1.43. The molecule has 0 bridgehead atoms. The maximum Gasteiger partial charge on any atom is 0.310 e. The smallest absolute Gasteiger partial charge is 0.310 e. The lowest BCUT2D eigenvalue weighted by molar-refractivity contribution is -0.140. The molecule has 0 aromatic heterocycles. The largest absolute Gasteiger partial charge is 0.469 e. The quantitative estimate of drug-likeness (QED) is 0.642. The van der Waals surface area contributed by atoms with Gasteiger partial charge in [0.2, 0.25) is 0 Å². The highest BCUT2D eigenvalue weighted by Gasteiger charge is 2.12. The number of methoxy groups -OCH3 is 1. The Kier molecular flexibility index (Phi) is 4.39. The Balaban J connectivity index is 2.57. The number of nitrogens with one attached hydrogen (secondary N) is 1. The molecule has 1 aromatic carbocycles. The van der Waals surface area contributed by atoms with Crippen LogP contribution in [0.5, 0.6) is 0 Å². The molecule has 1 amide bonds. The molecular weight excluding hydrogens is 225 g/mol. The van der Waals surface area contributed by atoms with Crippen molar-refractivity contribution in [1.29, 1.82) is 0 Å². The lowest BCUT2D eigenvalue weighted by Gasteiger charge is -2.06. The molecule has 90 valence electrons. The number of hydrogen-bond acceptors (Lipinski definition) is 3. The molecule has 0 saturated carbocycles. The average molecular weight is 237 g/mol. The molecule has 0 radical (unpaired) electrons. The molecule has 0 fully saturated rings. The first-order valence-electron chi connectivity index (χ1n) is 4.84. The van der Waals surface area contributed by atoms with Crippen LogP contribution in [0.25, 0.3) is 0 Å².